The molecule has 10 rings (SSSR count). The van der Waals surface area contributed by atoms with Gasteiger partial charge in [0.25, 0.3) is 0 Å². The Bertz CT molecular complexity index is 1960. The minimum Gasteiger partial charge on any atom is -0.399 e. The van der Waals surface area contributed by atoms with Crippen molar-refractivity contribution >= 4 is 38.9 Å². The van der Waals surface area contributed by atoms with Gasteiger partial charge < -0.3 is 21.3 Å². The molecule has 0 spiro atoms. The summed E-state index contributed by atoms with van der Waals surface area (Å²) in [4.78, 5) is 26.0. The smallest absolute Gasteiger partial charge is 0.155 e. The number of rotatable bonds is 6. The Labute approximate surface area is 398 Å². The molecule has 9 heteroatoms. The first-order chi connectivity index (χ1) is 30.7. The summed E-state index contributed by atoms with van der Waals surface area (Å²) in [6.45, 7) is 14.1. The molecule has 5 N–H and O–H groups in total. The molecule has 6 nitrogen and oxygen atoms in total. The van der Waals surface area contributed by atoms with Crippen LogP contribution in [0.15, 0.2) is 48.5 Å². The van der Waals surface area contributed by atoms with E-state index < -0.39 is 11.2 Å². The molecule has 8 aliphatic carbocycles. The van der Waals surface area contributed by atoms with Crippen molar-refractivity contribution < 1.29 is 28.6 Å². The summed E-state index contributed by atoms with van der Waals surface area (Å²) in [6.07, 6.45) is 18.6. The molecule has 65 heavy (non-hydrogen) atoms. The lowest BCUT2D eigenvalue weighted by atomic mass is 9.48. The second kappa shape index (κ2) is 19.2. The molecule has 0 aliphatic heterocycles. The van der Waals surface area contributed by atoms with Crippen LogP contribution in [-0.4, -0.2) is 44.9 Å². The first-order valence-electron chi connectivity index (χ1n) is 25.8. The van der Waals surface area contributed by atoms with Gasteiger partial charge >= 0.3 is 0 Å². The highest BCUT2D eigenvalue weighted by Gasteiger charge is 2.62. The van der Waals surface area contributed by atoms with Gasteiger partial charge in [-0.05, 0) is 247 Å². The van der Waals surface area contributed by atoms with Crippen molar-refractivity contribution in [1.82, 2.24) is 0 Å². The SMILES string of the molecule is C[C@@H]1C[C@H](C(=O)CBr)[C@@]2(C)CC[C@H]3[C@@H](CC[C@@H]4C[C@](C)(O)CC[C@@H]43)[C@H]12.C[C@@H]1C[C@H](C(=O)CNc2ccc(F)cc2)[C@@]2(C)CC[C@H]3[C@@H](CC[C@@H]4C[C@](C)(O)CC[C@@H]43)[C@H]12.Nc1ccc(F)cc1. The maximum absolute atomic E-state index is 13.4. The molecule has 0 saturated heterocycles. The number of nitrogen functional groups attached to an aromatic ring is 1. The predicted molar refractivity (Wildman–Crippen MR) is 261 cm³/mol. The topological polar surface area (TPSA) is 113 Å². The fourth-order valence-corrected chi connectivity index (χ4v) is 18.1. The standard InChI is InChI=1S/C28H40FNO2.C22H35BrO2.C6H6FN/c1-17-14-24(25(31)16-30-20-7-5-19(29)6-8-20)28(3)13-11-22-21-10-12-27(2,32)15-18(21)4-9-23(22)26(17)28;1-13-10-18(19(24)12-23)22(3)9-7-16-15-6-8-21(2,25)11-14(15)4-5-17(16)20(13)22;7-5-1-3-6(8)4-2-5/h5-8,17-18,21-24,26,30,32H,4,9-16H2,1-3H3;13-18,20,25H,4-12H2,1-3H3;1-4H,8H2/t17-,18-,21+,22-,23-,24-,26+,27-,28-;13-,14-,15+,16-,17-,18-,20+,21-,22-;/m11./s1. The molecule has 0 amide bonds. The zero-order valence-corrected chi connectivity index (χ0v) is 41.9. The van der Waals surface area contributed by atoms with E-state index in [1.54, 1.807) is 12.1 Å². The number of nitrogens with one attached hydrogen (secondary N) is 1. The van der Waals surface area contributed by atoms with Gasteiger partial charge in [0.05, 0.1) is 23.1 Å². The molecule has 2 aromatic rings. The van der Waals surface area contributed by atoms with E-state index in [9.17, 15) is 28.6 Å². The molecule has 0 radical (unpaired) electrons. The van der Waals surface area contributed by atoms with Crippen LogP contribution in [0.3, 0.4) is 0 Å². The molecule has 8 fully saturated rings. The number of ketones is 2. The number of nitrogens with two attached hydrogens (primary N) is 1. The van der Waals surface area contributed by atoms with Crippen LogP contribution in [0.2, 0.25) is 0 Å². The molecular weight excluding hydrogens is 883 g/mol. The molecule has 0 heterocycles. The minimum atomic E-state index is -0.465. The quantitative estimate of drug-likeness (QED) is 0.169. The summed E-state index contributed by atoms with van der Waals surface area (Å²) < 4.78 is 25.2. The monoisotopic (exact) mass is 963 g/mol. The summed E-state index contributed by atoms with van der Waals surface area (Å²) in [7, 11) is 0. The van der Waals surface area contributed by atoms with Gasteiger partial charge in [0.2, 0.25) is 0 Å². The van der Waals surface area contributed by atoms with Crippen molar-refractivity contribution in [3.8, 4) is 0 Å². The summed E-state index contributed by atoms with van der Waals surface area (Å²) in [6, 6.07) is 12.0. The van der Waals surface area contributed by atoms with Gasteiger partial charge in [-0.2, -0.15) is 0 Å². The average molecular weight is 964 g/mol. The predicted octanol–water partition coefficient (Wildman–Crippen LogP) is 12.7. The Morgan fingerprint density at radius 2 is 1.03 bits per heavy atom. The lowest BCUT2D eigenvalue weighted by molar-refractivity contribution is -0.131. The highest BCUT2D eigenvalue weighted by atomic mass is 79.9. The van der Waals surface area contributed by atoms with Crippen LogP contribution in [0.1, 0.15) is 144 Å². The molecule has 0 aromatic heterocycles. The van der Waals surface area contributed by atoms with Crippen molar-refractivity contribution in [2.45, 2.75) is 155 Å². The third-order valence-corrected chi connectivity index (χ3v) is 20.7. The lowest BCUT2D eigenvalue weighted by Gasteiger charge is -2.57. The number of benzene rings is 2. The summed E-state index contributed by atoms with van der Waals surface area (Å²) in [5.41, 5.74) is 6.11. The van der Waals surface area contributed by atoms with Gasteiger partial charge in [-0.3, -0.25) is 9.59 Å². The molecule has 8 saturated carbocycles. The first-order valence-corrected chi connectivity index (χ1v) is 26.9. The molecule has 360 valence electrons. The normalized spacial score (nSPS) is 44.7. The second-order valence-electron chi connectivity index (χ2n) is 24.3. The van der Waals surface area contributed by atoms with E-state index in [0.29, 0.717) is 52.8 Å². The van der Waals surface area contributed by atoms with Crippen molar-refractivity contribution in [2.24, 2.45) is 93.7 Å². The van der Waals surface area contributed by atoms with Gasteiger partial charge in [0, 0.05) is 23.2 Å². The van der Waals surface area contributed by atoms with Crippen LogP contribution < -0.4 is 11.1 Å². The minimum absolute atomic E-state index is 0.106. The number of anilines is 2. The number of alkyl halides is 1. The van der Waals surface area contributed by atoms with E-state index in [0.717, 1.165) is 98.0 Å². The van der Waals surface area contributed by atoms with E-state index in [1.165, 1.54) is 94.2 Å². The fourth-order valence-electron chi connectivity index (χ4n) is 17.7. The van der Waals surface area contributed by atoms with Gasteiger partial charge in [-0.1, -0.05) is 43.6 Å². The average Bonchev–Trinajstić information content (AvgIpc) is 3.71. The van der Waals surface area contributed by atoms with E-state index in [4.69, 9.17) is 5.73 Å². The third kappa shape index (κ3) is 9.92. The molecule has 18 atom stereocenters. The molecule has 0 bridgehead atoms. The Morgan fingerprint density at radius 1 is 0.615 bits per heavy atom. The largest absolute Gasteiger partial charge is 0.399 e. The van der Waals surface area contributed by atoms with E-state index >= 15 is 0 Å². The fraction of sp³-hybridized carbons (Fsp3) is 0.750. The van der Waals surface area contributed by atoms with E-state index in [-0.39, 0.29) is 34.3 Å². The number of halogens is 3. The Balaban J connectivity index is 0.000000155. The van der Waals surface area contributed by atoms with Crippen LogP contribution in [-0.2, 0) is 9.59 Å². The van der Waals surface area contributed by atoms with E-state index in [1.807, 2.05) is 13.8 Å². The first kappa shape index (κ1) is 49.1. The van der Waals surface area contributed by atoms with Crippen molar-refractivity contribution in [3.05, 3.63) is 60.2 Å². The number of hydrogen-bond acceptors (Lipinski definition) is 6. The maximum atomic E-state index is 13.4. The second-order valence-corrected chi connectivity index (χ2v) is 24.8. The molecule has 0 unspecified atom stereocenters. The van der Waals surface area contributed by atoms with Gasteiger partial charge in [-0.15, -0.1) is 0 Å². The number of aliphatic hydroxyl groups is 2. The number of carbonyl (C=O) groups excluding carboxylic acids is 2. The van der Waals surface area contributed by atoms with Crippen LogP contribution in [0.5, 0.6) is 0 Å². The highest BCUT2D eigenvalue weighted by molar-refractivity contribution is 9.09. The number of hydrogen-bond donors (Lipinski definition) is 4. The Hall–Kier alpha value is -2.36. The van der Waals surface area contributed by atoms with Gasteiger partial charge in [-0.25, -0.2) is 8.78 Å². The molecular formula is C56H81BrF2N2O4. The summed E-state index contributed by atoms with van der Waals surface area (Å²) in [5.74, 6) is 9.59. The van der Waals surface area contributed by atoms with Gasteiger partial charge in [0.15, 0.2) is 5.78 Å². The summed E-state index contributed by atoms with van der Waals surface area (Å²) >= 11 is 3.44. The lowest BCUT2D eigenvalue weighted by Crippen LogP contribution is -2.52. The van der Waals surface area contributed by atoms with Crippen molar-refractivity contribution in [1.29, 1.82) is 0 Å². The van der Waals surface area contributed by atoms with Crippen molar-refractivity contribution in [2.75, 3.05) is 22.9 Å². The van der Waals surface area contributed by atoms with Gasteiger partial charge in [0.1, 0.15) is 17.4 Å². The number of carbonyl (C=O) groups is 2. The Morgan fingerprint density at radius 3 is 1.46 bits per heavy atom. The van der Waals surface area contributed by atoms with Crippen LogP contribution in [0.4, 0.5) is 20.2 Å². The third-order valence-electron chi connectivity index (χ3n) is 20.2. The summed E-state index contributed by atoms with van der Waals surface area (Å²) in [5, 5.41) is 24.9. The van der Waals surface area contributed by atoms with Crippen LogP contribution >= 0.6 is 15.9 Å². The van der Waals surface area contributed by atoms with Crippen molar-refractivity contribution in [3.63, 3.8) is 0 Å². The maximum Gasteiger partial charge on any atom is 0.155 e. The van der Waals surface area contributed by atoms with Crippen LogP contribution in [0.25, 0.3) is 0 Å². The molecule has 8 aliphatic rings. The van der Waals surface area contributed by atoms with E-state index in [2.05, 4.69) is 48.9 Å². The zero-order chi connectivity index (χ0) is 46.6. The Kier molecular flexibility index (Phi) is 14.5. The van der Waals surface area contributed by atoms with Crippen LogP contribution in [0, 0.1) is 105 Å². The number of fused-ring (bicyclic) bond motifs is 10. The number of Topliss-reactive ketones (excluding diaryl/α,β-unsaturated/α-hetero) is 2. The highest BCUT2D eigenvalue weighted by Crippen LogP contribution is 2.68. The zero-order valence-electron chi connectivity index (χ0n) is 40.4. The molecule has 2 aromatic carbocycles.